The summed E-state index contributed by atoms with van der Waals surface area (Å²) < 4.78 is 0. The van der Waals surface area contributed by atoms with Crippen LogP contribution in [0.5, 0.6) is 0 Å². The number of aliphatic hydroxyl groups excluding tert-OH is 2. The fraction of sp³-hybridized carbons (Fsp3) is 0.790. The van der Waals surface area contributed by atoms with Gasteiger partial charge in [0.1, 0.15) is 60.4 Å². The van der Waals surface area contributed by atoms with Crippen molar-refractivity contribution in [1.82, 2.24) is 55.6 Å². The van der Waals surface area contributed by atoms with E-state index in [9.17, 15) is 53.4 Å². The number of aliphatic hydroxyl groups is 2. The summed E-state index contributed by atoms with van der Waals surface area (Å²) in [5.74, 6) is -10.5. The second kappa shape index (κ2) is 35.6. The SMILES string of the molecule is C/C=C/C[C@@H](C)[C@@H](O)[C@H]1C(=O)N[C@@H](CC)C(=O)N(C)CC(=O)N(C)[C@@H](CC(C)C)C(=O)N[C@@H](C(C)C)C(=O)N(C)[C@@H](CC(C)C)C(=O)N[C@@H](CO)C(=O)N[C@H](C)C(=O)N(C)[C@@H](CC(C)C)C(=O)N(C)[C@@H](CC(C)C)C(=O)N(C)[C@@H](C(C)C)C(=O)N1C. The van der Waals surface area contributed by atoms with Gasteiger partial charge in [0.25, 0.3) is 0 Å². The van der Waals surface area contributed by atoms with Crippen molar-refractivity contribution in [3.8, 4) is 0 Å². The summed E-state index contributed by atoms with van der Waals surface area (Å²) in [6.07, 6.45) is 2.83. The molecule has 1 aliphatic rings. The highest BCUT2D eigenvalue weighted by atomic mass is 16.3. The van der Waals surface area contributed by atoms with Gasteiger partial charge in [0.15, 0.2) is 0 Å². The fourth-order valence-electron chi connectivity index (χ4n) is 10.7. The summed E-state index contributed by atoms with van der Waals surface area (Å²) in [5, 5.41) is 33.3. The van der Waals surface area contributed by atoms with Crippen LogP contribution in [0.4, 0.5) is 0 Å². The molecule has 11 amide bonds. The summed E-state index contributed by atoms with van der Waals surface area (Å²) in [4.78, 5) is 169. The predicted octanol–water partition coefficient (Wildman–Crippen LogP) is 2.24. The van der Waals surface area contributed by atoms with Gasteiger partial charge in [-0.2, -0.15) is 0 Å². The molecule has 1 aliphatic heterocycles. The van der Waals surface area contributed by atoms with Gasteiger partial charge >= 0.3 is 0 Å². The lowest BCUT2D eigenvalue weighted by Gasteiger charge is -2.41. The normalized spacial score (nSPS) is 26.7. The summed E-state index contributed by atoms with van der Waals surface area (Å²) in [6.45, 7) is 26.6. The Balaban J connectivity index is 4.36. The summed E-state index contributed by atoms with van der Waals surface area (Å²) in [7, 11) is 9.74. The van der Waals surface area contributed by atoms with Crippen molar-refractivity contribution in [3.05, 3.63) is 12.2 Å². The van der Waals surface area contributed by atoms with E-state index in [-0.39, 0.29) is 55.8 Å². The molecule has 86 heavy (non-hydrogen) atoms. The maximum absolute atomic E-state index is 15.1. The first kappa shape index (κ1) is 77.8. The number of nitrogens with zero attached hydrogens (tertiary/aromatic N) is 7. The zero-order valence-electron chi connectivity index (χ0n) is 56.2. The molecule has 0 aromatic rings. The molecule has 0 aromatic carbocycles. The molecule has 1 fully saturated rings. The van der Waals surface area contributed by atoms with Crippen LogP contribution in [0.3, 0.4) is 0 Å². The van der Waals surface area contributed by atoms with Crippen molar-refractivity contribution in [1.29, 1.82) is 0 Å². The number of likely N-dealkylation sites (N-methyl/N-ethyl adjacent to an activating group) is 7. The Morgan fingerprint density at radius 2 is 0.895 bits per heavy atom. The minimum absolute atomic E-state index is 0.0119. The number of rotatable bonds is 16. The molecule has 0 bridgehead atoms. The predicted molar refractivity (Wildman–Crippen MR) is 330 cm³/mol. The quantitative estimate of drug-likeness (QED) is 0.121. The van der Waals surface area contributed by atoms with E-state index in [1.54, 1.807) is 60.6 Å². The van der Waals surface area contributed by atoms with Crippen molar-refractivity contribution in [2.45, 2.75) is 216 Å². The molecule has 0 unspecified atom stereocenters. The molecule has 24 nitrogen and oxygen atoms in total. The highest BCUT2D eigenvalue weighted by Crippen LogP contribution is 2.26. The molecule has 1 rings (SSSR count). The summed E-state index contributed by atoms with van der Waals surface area (Å²) >= 11 is 0. The number of hydrogen-bond acceptors (Lipinski definition) is 13. The smallest absolute Gasteiger partial charge is 0.246 e. The number of allylic oxidation sites excluding steroid dienone is 2. The van der Waals surface area contributed by atoms with Crippen LogP contribution in [-0.2, 0) is 52.7 Å². The van der Waals surface area contributed by atoms with E-state index in [0.29, 0.717) is 6.42 Å². The van der Waals surface area contributed by atoms with Crippen LogP contribution in [0.1, 0.15) is 149 Å². The van der Waals surface area contributed by atoms with Gasteiger partial charge in [-0.05, 0) is 93.8 Å². The van der Waals surface area contributed by atoms with E-state index in [2.05, 4.69) is 21.3 Å². The number of carbonyl (C=O) groups excluding carboxylic acids is 11. The number of carbonyl (C=O) groups is 11. The van der Waals surface area contributed by atoms with Crippen molar-refractivity contribution in [3.63, 3.8) is 0 Å². The van der Waals surface area contributed by atoms with Crippen LogP contribution in [-0.4, -0.2) is 238 Å². The maximum atomic E-state index is 15.1. The van der Waals surface area contributed by atoms with E-state index >= 15 is 9.59 Å². The molecule has 0 saturated carbocycles. The topological polar surface area (TPSA) is 299 Å². The van der Waals surface area contributed by atoms with Gasteiger partial charge in [-0.1, -0.05) is 109 Å². The molecular formula is C62H111N11O13. The van der Waals surface area contributed by atoms with Crippen molar-refractivity contribution >= 4 is 65.0 Å². The van der Waals surface area contributed by atoms with E-state index in [4.69, 9.17) is 0 Å². The fourth-order valence-corrected chi connectivity index (χ4v) is 10.7. The second-order valence-corrected chi connectivity index (χ2v) is 26.1. The average molecular weight is 1220 g/mol. The minimum Gasteiger partial charge on any atom is -0.394 e. The molecule has 0 radical (unpaired) electrons. The lowest BCUT2D eigenvalue weighted by Crippen LogP contribution is -2.63. The average Bonchev–Trinajstić information content (AvgIpc) is 2.32. The first-order chi connectivity index (χ1) is 39.7. The molecular weight excluding hydrogens is 1110 g/mol. The minimum atomic E-state index is -1.62. The zero-order valence-corrected chi connectivity index (χ0v) is 56.2. The van der Waals surface area contributed by atoms with Crippen LogP contribution >= 0.6 is 0 Å². The Bertz CT molecular complexity index is 2350. The number of hydrogen-bond donors (Lipinski definition) is 6. The third-order valence-electron chi connectivity index (χ3n) is 16.1. The van der Waals surface area contributed by atoms with E-state index in [1.165, 1.54) is 80.8 Å². The lowest BCUT2D eigenvalue weighted by atomic mass is 9.91. The molecule has 0 aromatic heterocycles. The van der Waals surface area contributed by atoms with Gasteiger partial charge < -0.3 is 65.8 Å². The van der Waals surface area contributed by atoms with Crippen LogP contribution in [0.25, 0.3) is 0 Å². The first-order valence-corrected chi connectivity index (χ1v) is 30.7. The molecule has 12 atom stereocenters. The molecule has 0 aliphatic carbocycles. The number of nitrogens with one attached hydrogen (secondary N) is 4. The van der Waals surface area contributed by atoms with Gasteiger partial charge in [-0.15, -0.1) is 0 Å². The van der Waals surface area contributed by atoms with Gasteiger partial charge in [0, 0.05) is 49.3 Å². The maximum Gasteiger partial charge on any atom is 0.246 e. The summed E-state index contributed by atoms with van der Waals surface area (Å²) in [5.41, 5.74) is 0. The molecule has 1 saturated heterocycles. The van der Waals surface area contributed by atoms with Crippen molar-refractivity contribution < 1.29 is 63.0 Å². The zero-order chi connectivity index (χ0) is 66.7. The van der Waals surface area contributed by atoms with E-state index in [1.807, 2.05) is 55.4 Å². The Kier molecular flexibility index (Phi) is 32.2. The van der Waals surface area contributed by atoms with Crippen molar-refractivity contribution in [2.24, 2.45) is 41.4 Å². The second-order valence-electron chi connectivity index (χ2n) is 26.1. The Hall–Kier alpha value is -6.17. The third-order valence-corrected chi connectivity index (χ3v) is 16.1. The molecule has 0 spiro atoms. The van der Waals surface area contributed by atoms with Crippen LogP contribution in [0, 0.1) is 41.4 Å². The first-order valence-electron chi connectivity index (χ1n) is 30.7. The molecule has 24 heteroatoms. The standard InChI is InChI=1S/C62H111N11O13/c1-24-26-27-40(15)52(76)51-56(80)64-42(25-2)58(82)67(17)32-48(75)68(18)44(28-34(3)4)55(79)66-49(38(11)12)61(85)69(19)45(29-35(5)6)54(78)65-43(33-74)53(77)63-41(16)57(81)70(20)46(30-36(7)8)59(83)71(21)47(31-37(9)10)60(84)72(22)50(39(13)14)62(86)73(51)23/h24,26,34-47,49-52,74,76H,25,27-33H2,1-23H3,(H,63,77)(H,64,80)(H,65,78)(H,66,79)/b26-24+/t40-,41-,42+,43+,44+,45+,46+,47+,49+,50+,51+,52-/m1/s1. The van der Waals surface area contributed by atoms with E-state index < -0.39 is 162 Å². The van der Waals surface area contributed by atoms with Crippen LogP contribution in [0.2, 0.25) is 0 Å². The lowest BCUT2D eigenvalue weighted by molar-refractivity contribution is -0.157. The largest absolute Gasteiger partial charge is 0.394 e. The molecule has 6 N–H and O–H groups in total. The van der Waals surface area contributed by atoms with Crippen LogP contribution < -0.4 is 21.3 Å². The summed E-state index contributed by atoms with van der Waals surface area (Å²) in [6, 6.07) is -13.1. The monoisotopic (exact) mass is 1220 g/mol. The van der Waals surface area contributed by atoms with E-state index in [0.717, 1.165) is 9.80 Å². The highest BCUT2D eigenvalue weighted by molar-refractivity contribution is 5.99. The molecule has 492 valence electrons. The van der Waals surface area contributed by atoms with Gasteiger partial charge in [0.05, 0.1) is 19.3 Å². The number of amides is 11. The van der Waals surface area contributed by atoms with Crippen LogP contribution in [0.15, 0.2) is 12.2 Å². The van der Waals surface area contributed by atoms with Gasteiger partial charge in [-0.3, -0.25) is 52.7 Å². The third kappa shape index (κ3) is 21.6. The Morgan fingerprint density at radius 1 is 0.477 bits per heavy atom. The van der Waals surface area contributed by atoms with Gasteiger partial charge in [-0.25, -0.2) is 0 Å². The molecule has 1 heterocycles. The Morgan fingerprint density at radius 3 is 1.34 bits per heavy atom. The van der Waals surface area contributed by atoms with Gasteiger partial charge in [0.2, 0.25) is 65.0 Å². The van der Waals surface area contributed by atoms with Crippen molar-refractivity contribution in [2.75, 3.05) is 62.5 Å². The Labute approximate surface area is 513 Å². The highest BCUT2D eigenvalue weighted by Gasteiger charge is 2.46.